The monoisotopic (exact) mass is 605 g/mol. The molecule has 2 aliphatic rings. The first-order chi connectivity index (χ1) is 20.7. The van der Waals surface area contributed by atoms with E-state index in [0.29, 0.717) is 0 Å². The molecule has 5 rings (SSSR count). The fraction of sp³-hybridized carbons (Fsp3) is 0.267. The van der Waals surface area contributed by atoms with E-state index < -0.39 is 49.3 Å². The topological polar surface area (TPSA) is 142 Å². The lowest BCUT2D eigenvalue weighted by Crippen LogP contribution is -2.60. The second kappa shape index (κ2) is 12.2. The van der Waals surface area contributed by atoms with Crippen LogP contribution in [-0.2, 0) is 20.4 Å². The normalized spacial score (nSPS) is 17.7. The van der Waals surface area contributed by atoms with Crippen LogP contribution >= 0.6 is 0 Å². The molecule has 0 radical (unpaired) electrons. The SMILES string of the molecule is C=CCN(CCNC(=O)N1CCN2C(=O)OC(c3ccccc3)(c3ccccc3)C2C1)S(=O)(=O)c1ccccc1[N+](=O)[O-]. The van der Waals surface area contributed by atoms with E-state index in [4.69, 9.17) is 4.74 Å². The zero-order chi connectivity index (χ0) is 30.6. The number of piperazine rings is 1. The number of amides is 3. The summed E-state index contributed by atoms with van der Waals surface area (Å²) in [4.78, 5) is 40.0. The van der Waals surface area contributed by atoms with Crippen molar-refractivity contribution in [1.29, 1.82) is 0 Å². The van der Waals surface area contributed by atoms with Gasteiger partial charge in [-0.2, -0.15) is 4.31 Å². The zero-order valence-electron chi connectivity index (χ0n) is 23.2. The molecule has 0 saturated carbocycles. The minimum atomic E-state index is -4.26. The van der Waals surface area contributed by atoms with Crippen LogP contribution < -0.4 is 5.32 Å². The van der Waals surface area contributed by atoms with E-state index >= 15 is 0 Å². The second-order valence-corrected chi connectivity index (χ2v) is 12.0. The van der Waals surface area contributed by atoms with Gasteiger partial charge in [-0.15, -0.1) is 6.58 Å². The summed E-state index contributed by atoms with van der Waals surface area (Å²) >= 11 is 0. The molecule has 2 aliphatic heterocycles. The lowest BCUT2D eigenvalue weighted by molar-refractivity contribution is -0.387. The highest BCUT2D eigenvalue weighted by molar-refractivity contribution is 7.89. The van der Waals surface area contributed by atoms with Crippen molar-refractivity contribution in [3.05, 3.63) is 119 Å². The highest BCUT2D eigenvalue weighted by atomic mass is 32.2. The number of nitrogens with one attached hydrogen (secondary N) is 1. The van der Waals surface area contributed by atoms with E-state index in [0.717, 1.165) is 21.5 Å². The van der Waals surface area contributed by atoms with Crippen molar-refractivity contribution >= 4 is 27.8 Å². The van der Waals surface area contributed by atoms with E-state index in [2.05, 4.69) is 11.9 Å². The molecule has 0 spiro atoms. The van der Waals surface area contributed by atoms with E-state index in [1.165, 1.54) is 24.3 Å². The number of nitro benzene ring substituents is 1. The molecular formula is C30H31N5O7S. The fourth-order valence-electron chi connectivity index (χ4n) is 5.66. The molecular weight excluding hydrogens is 574 g/mol. The molecule has 1 N–H and O–H groups in total. The summed E-state index contributed by atoms with van der Waals surface area (Å²) < 4.78 is 33.8. The van der Waals surface area contributed by atoms with Crippen LogP contribution in [0.4, 0.5) is 15.3 Å². The van der Waals surface area contributed by atoms with E-state index in [1.807, 2.05) is 60.7 Å². The lowest BCUT2D eigenvalue weighted by atomic mass is 9.79. The third-order valence-electron chi connectivity index (χ3n) is 7.67. The molecule has 3 aromatic rings. The van der Waals surface area contributed by atoms with Crippen molar-refractivity contribution in [2.45, 2.75) is 16.5 Å². The number of rotatable bonds is 10. The maximum Gasteiger partial charge on any atom is 0.411 e. The maximum atomic E-state index is 13.3. The minimum Gasteiger partial charge on any atom is -0.431 e. The van der Waals surface area contributed by atoms with Crippen LogP contribution in [0.2, 0.25) is 0 Å². The van der Waals surface area contributed by atoms with Crippen LogP contribution in [0.15, 0.2) is 102 Å². The Morgan fingerprint density at radius 3 is 2.26 bits per heavy atom. The molecule has 2 saturated heterocycles. The number of para-hydroxylation sites is 1. The third kappa shape index (κ3) is 5.56. The molecule has 1 unspecified atom stereocenters. The Kier molecular flexibility index (Phi) is 8.46. The molecule has 3 aromatic carbocycles. The molecule has 3 amide bonds. The van der Waals surface area contributed by atoms with Crippen molar-refractivity contribution in [2.75, 3.05) is 39.3 Å². The van der Waals surface area contributed by atoms with Gasteiger partial charge in [-0.05, 0) is 6.07 Å². The summed E-state index contributed by atoms with van der Waals surface area (Å²) in [6.07, 6.45) is 0.912. The Labute approximate surface area is 249 Å². The van der Waals surface area contributed by atoms with Gasteiger partial charge in [-0.1, -0.05) is 78.9 Å². The Morgan fingerprint density at radius 1 is 1.05 bits per heavy atom. The van der Waals surface area contributed by atoms with Gasteiger partial charge in [0.25, 0.3) is 5.69 Å². The van der Waals surface area contributed by atoms with Crippen LogP contribution in [0.3, 0.4) is 0 Å². The van der Waals surface area contributed by atoms with Gasteiger partial charge >= 0.3 is 12.1 Å². The van der Waals surface area contributed by atoms with E-state index in [9.17, 15) is 28.1 Å². The number of cyclic esters (lactones) is 1. The van der Waals surface area contributed by atoms with E-state index in [1.54, 1.807) is 9.80 Å². The van der Waals surface area contributed by atoms with Crippen LogP contribution in [0.5, 0.6) is 0 Å². The highest BCUT2D eigenvalue weighted by Crippen LogP contribution is 2.45. The standard InChI is InChI=1S/C30H31N5O7S/c1-2-18-33(43(40,41)26-16-10-9-15-25(26)35(38)39)19-17-31-28(36)32-20-21-34-27(22-32)30(42-29(34)37,23-11-5-3-6-12-23)24-13-7-4-8-14-24/h2-16,27H,1,17-22H2,(H,31,36). The molecule has 13 heteroatoms. The molecule has 12 nitrogen and oxygen atoms in total. The summed E-state index contributed by atoms with van der Waals surface area (Å²) in [5.41, 5.74) is -0.112. The van der Waals surface area contributed by atoms with Crippen molar-refractivity contribution < 1.29 is 27.7 Å². The van der Waals surface area contributed by atoms with Gasteiger partial charge in [-0.3, -0.25) is 15.0 Å². The number of nitrogens with zero attached hydrogens (tertiary/aromatic N) is 4. The first-order valence-corrected chi connectivity index (χ1v) is 15.1. The number of ether oxygens (including phenoxy) is 1. The number of benzene rings is 3. The number of fused-ring (bicyclic) bond motifs is 1. The zero-order valence-corrected chi connectivity index (χ0v) is 24.1. The van der Waals surface area contributed by atoms with Gasteiger partial charge in [0, 0.05) is 56.5 Å². The number of hydrogen-bond donors (Lipinski definition) is 1. The van der Waals surface area contributed by atoms with Gasteiger partial charge in [-0.25, -0.2) is 18.0 Å². The number of carbonyl (C=O) groups is 2. The number of sulfonamides is 1. The molecule has 0 bridgehead atoms. The second-order valence-electron chi connectivity index (χ2n) is 10.1. The van der Waals surface area contributed by atoms with Gasteiger partial charge in [0.15, 0.2) is 10.5 Å². The Morgan fingerprint density at radius 2 is 1.65 bits per heavy atom. The number of nitro groups is 1. The van der Waals surface area contributed by atoms with Crippen molar-refractivity contribution in [2.24, 2.45) is 0 Å². The number of carbonyl (C=O) groups excluding carboxylic acids is 2. The van der Waals surface area contributed by atoms with Crippen LogP contribution in [0.1, 0.15) is 11.1 Å². The smallest absolute Gasteiger partial charge is 0.411 e. The predicted octanol–water partition coefficient (Wildman–Crippen LogP) is 3.56. The highest BCUT2D eigenvalue weighted by Gasteiger charge is 2.58. The van der Waals surface area contributed by atoms with Gasteiger partial charge in [0.1, 0.15) is 6.04 Å². The van der Waals surface area contributed by atoms with Crippen molar-refractivity contribution in [3.8, 4) is 0 Å². The molecule has 43 heavy (non-hydrogen) atoms. The minimum absolute atomic E-state index is 0.0602. The lowest BCUT2D eigenvalue weighted by Gasteiger charge is -2.42. The van der Waals surface area contributed by atoms with Crippen molar-refractivity contribution in [3.63, 3.8) is 0 Å². The van der Waals surface area contributed by atoms with Gasteiger partial charge < -0.3 is 15.0 Å². The Balaban J connectivity index is 1.33. The average Bonchev–Trinajstić information content (AvgIpc) is 3.33. The van der Waals surface area contributed by atoms with Crippen LogP contribution in [0.25, 0.3) is 0 Å². The first kappa shape index (κ1) is 29.7. The van der Waals surface area contributed by atoms with Crippen molar-refractivity contribution in [1.82, 2.24) is 19.4 Å². The Hall–Kier alpha value is -4.75. The largest absolute Gasteiger partial charge is 0.431 e. The average molecular weight is 606 g/mol. The number of hydrogen-bond acceptors (Lipinski definition) is 7. The van der Waals surface area contributed by atoms with Gasteiger partial charge in [0.05, 0.1) is 4.92 Å². The quantitative estimate of drug-likeness (QED) is 0.212. The summed E-state index contributed by atoms with van der Waals surface area (Å²) in [6.45, 7) is 3.97. The summed E-state index contributed by atoms with van der Waals surface area (Å²) in [6, 6.07) is 23.0. The molecule has 2 fully saturated rings. The summed E-state index contributed by atoms with van der Waals surface area (Å²) in [7, 11) is -4.26. The summed E-state index contributed by atoms with van der Waals surface area (Å²) in [5.74, 6) is 0. The third-order valence-corrected chi connectivity index (χ3v) is 9.59. The molecule has 1 atom stereocenters. The molecule has 0 aliphatic carbocycles. The number of urea groups is 1. The molecule has 0 aromatic heterocycles. The molecule has 224 valence electrons. The van der Waals surface area contributed by atoms with Crippen LogP contribution in [-0.4, -0.2) is 84.9 Å². The van der Waals surface area contributed by atoms with E-state index in [-0.39, 0.29) is 39.3 Å². The van der Waals surface area contributed by atoms with Gasteiger partial charge in [0.2, 0.25) is 10.0 Å². The van der Waals surface area contributed by atoms with Crippen LogP contribution in [0, 0.1) is 10.1 Å². The molecule has 2 heterocycles. The Bertz CT molecular complexity index is 1580. The maximum absolute atomic E-state index is 13.3. The first-order valence-electron chi connectivity index (χ1n) is 13.7. The predicted molar refractivity (Wildman–Crippen MR) is 158 cm³/mol. The fourth-order valence-corrected chi connectivity index (χ4v) is 7.23. The summed E-state index contributed by atoms with van der Waals surface area (Å²) in [5, 5.41) is 14.2.